The maximum absolute atomic E-state index is 12.2. The van der Waals surface area contributed by atoms with Crippen LogP contribution in [0.15, 0.2) is 28.8 Å². The van der Waals surface area contributed by atoms with E-state index in [9.17, 15) is 8.42 Å². The first-order valence-electron chi connectivity index (χ1n) is 7.35. The molecule has 0 bridgehead atoms. The van der Waals surface area contributed by atoms with Gasteiger partial charge in [0.15, 0.2) is 15.7 Å². The lowest BCUT2D eigenvalue weighted by Gasteiger charge is -2.08. The van der Waals surface area contributed by atoms with Crippen molar-refractivity contribution in [3.05, 3.63) is 30.1 Å². The van der Waals surface area contributed by atoms with Crippen molar-refractivity contribution in [3.63, 3.8) is 0 Å². The van der Waals surface area contributed by atoms with Gasteiger partial charge in [0.05, 0.1) is 19.0 Å². The summed E-state index contributed by atoms with van der Waals surface area (Å²) in [5.41, 5.74) is 0.709. The molecule has 1 saturated heterocycles. The molecule has 0 unspecified atom stereocenters. The van der Waals surface area contributed by atoms with Crippen LogP contribution in [0.1, 0.15) is 18.7 Å². The van der Waals surface area contributed by atoms with E-state index in [0.717, 1.165) is 12.8 Å². The Kier molecular flexibility index (Phi) is 4.63. The molecule has 1 aromatic carbocycles. The number of aromatic nitrogens is 2. The van der Waals surface area contributed by atoms with Crippen LogP contribution in [0.25, 0.3) is 11.5 Å². The highest BCUT2D eigenvalue weighted by Gasteiger charge is 2.25. The smallest absolute Gasteiger partial charge is 0.257 e. The van der Waals surface area contributed by atoms with Gasteiger partial charge in [-0.3, -0.25) is 0 Å². The Morgan fingerprint density at radius 1 is 1.30 bits per heavy atom. The van der Waals surface area contributed by atoms with E-state index in [-0.39, 0.29) is 29.3 Å². The molecule has 8 heteroatoms. The summed E-state index contributed by atoms with van der Waals surface area (Å²) in [4.78, 5) is 4.16. The third-order valence-electron chi connectivity index (χ3n) is 3.62. The zero-order valence-corrected chi connectivity index (χ0v) is 13.6. The summed E-state index contributed by atoms with van der Waals surface area (Å²) < 4.78 is 39.9. The van der Waals surface area contributed by atoms with Crippen LogP contribution in [-0.4, -0.2) is 44.1 Å². The topological polar surface area (TPSA) is 91.5 Å². The second-order valence-corrected chi connectivity index (χ2v) is 7.54. The molecule has 1 fully saturated rings. The summed E-state index contributed by atoms with van der Waals surface area (Å²) in [6.07, 6.45) is 1.47. The van der Waals surface area contributed by atoms with E-state index in [0.29, 0.717) is 17.9 Å². The number of hydrogen-bond acceptors (Lipinski definition) is 7. The molecular weight excluding hydrogens is 320 g/mol. The van der Waals surface area contributed by atoms with Crippen molar-refractivity contribution in [1.82, 2.24) is 10.1 Å². The maximum Gasteiger partial charge on any atom is 0.257 e. The molecule has 2 aromatic rings. The fourth-order valence-electron chi connectivity index (χ4n) is 2.48. The number of hydrogen-bond donors (Lipinski definition) is 0. The number of rotatable bonds is 6. The molecular formula is C15H18N2O5S. The van der Waals surface area contributed by atoms with E-state index in [1.165, 1.54) is 0 Å². The molecule has 2 heterocycles. The summed E-state index contributed by atoms with van der Waals surface area (Å²) in [5.74, 6) is 0.919. The minimum absolute atomic E-state index is 0.000586. The molecule has 0 radical (unpaired) electrons. The van der Waals surface area contributed by atoms with Crippen molar-refractivity contribution in [1.29, 1.82) is 0 Å². The van der Waals surface area contributed by atoms with Gasteiger partial charge in [-0.25, -0.2) is 8.42 Å². The van der Waals surface area contributed by atoms with Crippen molar-refractivity contribution in [2.24, 2.45) is 0 Å². The summed E-state index contributed by atoms with van der Waals surface area (Å²) in [5, 5.41) is 3.76. The normalized spacial score (nSPS) is 18.2. The van der Waals surface area contributed by atoms with Crippen LogP contribution >= 0.6 is 0 Å². The van der Waals surface area contributed by atoms with E-state index in [2.05, 4.69) is 10.1 Å². The SMILES string of the molecule is COc1ccc(-c2nc(CS(=O)(=O)C[C@@H]3CCCO3)no2)cc1. The largest absolute Gasteiger partial charge is 0.497 e. The van der Waals surface area contributed by atoms with Crippen LogP contribution in [0.3, 0.4) is 0 Å². The van der Waals surface area contributed by atoms with E-state index < -0.39 is 9.84 Å². The van der Waals surface area contributed by atoms with Crippen LogP contribution in [0.5, 0.6) is 5.75 Å². The van der Waals surface area contributed by atoms with E-state index >= 15 is 0 Å². The van der Waals surface area contributed by atoms with E-state index in [1.54, 1.807) is 31.4 Å². The van der Waals surface area contributed by atoms with Crippen molar-refractivity contribution in [2.75, 3.05) is 19.5 Å². The fourth-order valence-corrected chi connectivity index (χ4v) is 3.94. The third-order valence-corrected chi connectivity index (χ3v) is 5.20. The van der Waals surface area contributed by atoms with Crippen molar-refractivity contribution >= 4 is 9.84 Å². The zero-order valence-electron chi connectivity index (χ0n) is 12.8. The van der Waals surface area contributed by atoms with E-state index in [1.807, 2.05) is 0 Å². The summed E-state index contributed by atoms with van der Waals surface area (Å²) in [6.45, 7) is 0.629. The minimum atomic E-state index is -3.33. The van der Waals surface area contributed by atoms with Crippen LogP contribution in [-0.2, 0) is 20.3 Å². The Morgan fingerprint density at radius 2 is 2.09 bits per heavy atom. The van der Waals surface area contributed by atoms with Crippen molar-refractivity contribution in [3.8, 4) is 17.2 Å². The second kappa shape index (κ2) is 6.67. The lowest BCUT2D eigenvalue weighted by Crippen LogP contribution is -2.21. The first-order valence-corrected chi connectivity index (χ1v) is 9.17. The fraction of sp³-hybridized carbons (Fsp3) is 0.467. The molecule has 1 aliphatic heterocycles. The lowest BCUT2D eigenvalue weighted by molar-refractivity contribution is 0.127. The number of sulfone groups is 1. The minimum Gasteiger partial charge on any atom is -0.497 e. The summed E-state index contributed by atoms with van der Waals surface area (Å²) in [7, 11) is -1.75. The molecule has 0 N–H and O–H groups in total. The molecule has 1 atom stereocenters. The Hall–Kier alpha value is -1.93. The van der Waals surface area contributed by atoms with Crippen molar-refractivity contribution in [2.45, 2.75) is 24.7 Å². The standard InChI is InChI=1S/C15H18N2O5S/c1-20-12-6-4-11(5-7-12)15-16-14(17-22-15)10-23(18,19)9-13-3-2-8-21-13/h4-7,13H,2-3,8-10H2,1H3/t13-/m0/s1. The molecule has 0 aliphatic carbocycles. The van der Waals surface area contributed by atoms with Crippen molar-refractivity contribution < 1.29 is 22.4 Å². The van der Waals surface area contributed by atoms with Gasteiger partial charge >= 0.3 is 0 Å². The van der Waals surface area contributed by atoms with Crippen LogP contribution in [0.4, 0.5) is 0 Å². The Balaban J connectivity index is 1.68. The molecule has 3 rings (SSSR count). The van der Waals surface area contributed by atoms with Crippen LogP contribution in [0, 0.1) is 0 Å². The van der Waals surface area contributed by atoms with Gasteiger partial charge in [-0.15, -0.1) is 0 Å². The monoisotopic (exact) mass is 338 g/mol. The molecule has 0 spiro atoms. The van der Waals surface area contributed by atoms with Gasteiger partial charge in [0, 0.05) is 12.2 Å². The number of benzene rings is 1. The van der Waals surface area contributed by atoms with Gasteiger partial charge < -0.3 is 14.0 Å². The van der Waals surface area contributed by atoms with E-state index in [4.69, 9.17) is 14.0 Å². The third kappa shape index (κ3) is 4.08. The first-order chi connectivity index (χ1) is 11.1. The highest BCUT2D eigenvalue weighted by Crippen LogP contribution is 2.21. The summed E-state index contributed by atoms with van der Waals surface area (Å²) >= 11 is 0. The Morgan fingerprint density at radius 3 is 2.74 bits per heavy atom. The van der Waals surface area contributed by atoms with Gasteiger partial charge in [-0.2, -0.15) is 4.98 Å². The molecule has 23 heavy (non-hydrogen) atoms. The van der Waals surface area contributed by atoms with Gasteiger partial charge in [0.1, 0.15) is 11.5 Å². The average molecular weight is 338 g/mol. The quantitative estimate of drug-likeness (QED) is 0.793. The zero-order chi connectivity index (χ0) is 16.3. The Bertz CT molecular complexity index is 748. The second-order valence-electron chi connectivity index (χ2n) is 5.43. The van der Waals surface area contributed by atoms with Crippen LogP contribution in [0.2, 0.25) is 0 Å². The molecule has 0 saturated carbocycles. The number of methoxy groups -OCH3 is 1. The highest BCUT2D eigenvalue weighted by molar-refractivity contribution is 7.90. The maximum atomic E-state index is 12.2. The van der Waals surface area contributed by atoms with Gasteiger partial charge in [0.25, 0.3) is 5.89 Å². The van der Waals surface area contributed by atoms with Gasteiger partial charge in [-0.1, -0.05) is 5.16 Å². The molecule has 1 aromatic heterocycles. The summed E-state index contributed by atoms with van der Waals surface area (Å²) in [6, 6.07) is 7.09. The molecule has 7 nitrogen and oxygen atoms in total. The van der Waals surface area contributed by atoms with Gasteiger partial charge in [0.2, 0.25) is 0 Å². The molecule has 1 aliphatic rings. The predicted molar refractivity (Wildman–Crippen MR) is 82.8 cm³/mol. The first kappa shape index (κ1) is 15.9. The predicted octanol–water partition coefficient (Wildman–Crippen LogP) is 1.84. The molecule has 0 amide bonds. The highest BCUT2D eigenvalue weighted by atomic mass is 32.2. The Labute approximate surface area is 134 Å². The number of ether oxygens (including phenoxy) is 2. The lowest BCUT2D eigenvalue weighted by atomic mass is 10.2. The number of nitrogens with zero attached hydrogens (tertiary/aromatic N) is 2. The van der Waals surface area contributed by atoms with Gasteiger partial charge in [-0.05, 0) is 37.1 Å². The average Bonchev–Trinajstić information content (AvgIpc) is 3.18. The molecule has 124 valence electrons. The van der Waals surface area contributed by atoms with Crippen LogP contribution < -0.4 is 4.74 Å².